The zero-order chi connectivity index (χ0) is 9.68. The zero-order valence-electron chi connectivity index (χ0n) is 6.71. The molecule has 0 aliphatic rings. The minimum atomic E-state index is -0.457. The summed E-state index contributed by atoms with van der Waals surface area (Å²) in [6, 6.07) is 9.46. The summed E-state index contributed by atoms with van der Waals surface area (Å²) >= 11 is 13.0. The Morgan fingerprint density at radius 2 is 2.15 bits per heavy atom. The Bertz CT molecular complexity index is 322. The number of thioether (sulfide) groups is 1. The highest BCUT2D eigenvalue weighted by Crippen LogP contribution is 2.27. The molecule has 0 fully saturated rings. The average Bonchev–Trinajstić information content (AvgIpc) is 2.16. The molecule has 0 heterocycles. The molecule has 0 aromatic heterocycles. The van der Waals surface area contributed by atoms with E-state index >= 15 is 0 Å². The minimum Gasteiger partial charge on any atom is -0.197 e. The number of hydrogen-bond donors (Lipinski definition) is 0. The first-order valence-corrected chi connectivity index (χ1v) is 5.45. The second kappa shape index (κ2) is 5.39. The highest BCUT2D eigenvalue weighted by atomic mass is 35.5. The van der Waals surface area contributed by atoms with E-state index < -0.39 is 5.38 Å². The smallest absolute Gasteiger partial charge is 0.129 e. The molecule has 1 aromatic carbocycles. The van der Waals surface area contributed by atoms with Crippen molar-refractivity contribution in [2.24, 2.45) is 0 Å². The lowest BCUT2D eigenvalue weighted by atomic mass is 10.4. The monoisotopic (exact) mass is 231 g/mol. The highest BCUT2D eigenvalue weighted by Gasteiger charge is 2.04. The minimum absolute atomic E-state index is 0.457. The summed E-state index contributed by atoms with van der Waals surface area (Å²) in [5, 5.41) is 8.70. The van der Waals surface area contributed by atoms with Crippen molar-refractivity contribution in [3.05, 3.63) is 29.3 Å². The van der Waals surface area contributed by atoms with E-state index in [1.165, 1.54) is 11.8 Å². The number of rotatable bonds is 3. The molecule has 1 rings (SSSR count). The second-order valence-electron chi connectivity index (χ2n) is 2.34. The lowest BCUT2D eigenvalue weighted by molar-refractivity contribution is 1.24. The lowest BCUT2D eigenvalue weighted by Gasteiger charge is -2.02. The molecule has 0 amide bonds. The lowest BCUT2D eigenvalue weighted by Crippen LogP contribution is -1.96. The third-order valence-corrected chi connectivity index (χ3v) is 3.41. The number of hydrogen-bond acceptors (Lipinski definition) is 2. The first kappa shape index (κ1) is 10.7. The molecule has 1 atom stereocenters. The fourth-order valence-electron chi connectivity index (χ4n) is 0.762. The normalized spacial score (nSPS) is 12.1. The van der Waals surface area contributed by atoms with E-state index in [0.29, 0.717) is 10.8 Å². The largest absolute Gasteiger partial charge is 0.197 e. The highest BCUT2D eigenvalue weighted by molar-refractivity contribution is 7.99. The molecule has 1 aromatic rings. The van der Waals surface area contributed by atoms with Crippen molar-refractivity contribution >= 4 is 35.0 Å². The van der Waals surface area contributed by atoms with E-state index in [1.54, 1.807) is 0 Å². The van der Waals surface area contributed by atoms with Gasteiger partial charge in [0.15, 0.2) is 0 Å². The van der Waals surface area contributed by atoms with E-state index in [9.17, 15) is 0 Å². The predicted molar refractivity (Wildman–Crippen MR) is 57.4 cm³/mol. The van der Waals surface area contributed by atoms with Crippen LogP contribution in [0, 0.1) is 11.3 Å². The zero-order valence-corrected chi connectivity index (χ0v) is 9.03. The van der Waals surface area contributed by atoms with Crippen LogP contribution in [0.5, 0.6) is 0 Å². The maximum atomic E-state index is 8.45. The molecule has 0 N–H and O–H groups in total. The van der Waals surface area contributed by atoms with E-state index in [4.69, 9.17) is 28.5 Å². The predicted octanol–water partition coefficient (Wildman–Crippen LogP) is 3.56. The van der Waals surface area contributed by atoms with Gasteiger partial charge in [0.1, 0.15) is 5.38 Å². The van der Waals surface area contributed by atoms with Crippen LogP contribution in [0.4, 0.5) is 0 Å². The maximum absolute atomic E-state index is 8.45. The van der Waals surface area contributed by atoms with Crippen molar-refractivity contribution < 1.29 is 0 Å². The van der Waals surface area contributed by atoms with Gasteiger partial charge in [-0.15, -0.1) is 23.4 Å². The van der Waals surface area contributed by atoms with Gasteiger partial charge in [-0.2, -0.15) is 5.26 Å². The van der Waals surface area contributed by atoms with E-state index in [-0.39, 0.29) is 0 Å². The molecular formula is C9H7Cl2NS. The van der Waals surface area contributed by atoms with Crippen molar-refractivity contribution in [2.75, 3.05) is 5.75 Å². The van der Waals surface area contributed by atoms with Gasteiger partial charge in [-0.25, -0.2) is 0 Å². The van der Waals surface area contributed by atoms with Crippen LogP contribution in [0.3, 0.4) is 0 Å². The Balaban J connectivity index is 2.56. The molecule has 0 aliphatic heterocycles. The van der Waals surface area contributed by atoms with Gasteiger partial charge in [0.05, 0.1) is 11.1 Å². The van der Waals surface area contributed by atoms with Crippen LogP contribution < -0.4 is 0 Å². The fraction of sp³-hybridized carbons (Fsp3) is 0.222. The van der Waals surface area contributed by atoms with Gasteiger partial charge in [0.2, 0.25) is 0 Å². The molecule has 0 spiro atoms. The van der Waals surface area contributed by atoms with E-state index in [2.05, 4.69) is 0 Å². The van der Waals surface area contributed by atoms with Crippen molar-refractivity contribution in [3.63, 3.8) is 0 Å². The van der Waals surface area contributed by atoms with Gasteiger partial charge in [-0.3, -0.25) is 0 Å². The van der Waals surface area contributed by atoms with E-state index in [1.807, 2.05) is 30.3 Å². The van der Waals surface area contributed by atoms with Crippen LogP contribution in [-0.4, -0.2) is 11.1 Å². The van der Waals surface area contributed by atoms with Crippen LogP contribution in [-0.2, 0) is 0 Å². The van der Waals surface area contributed by atoms with Crippen LogP contribution in [0.2, 0.25) is 5.02 Å². The summed E-state index contributed by atoms with van der Waals surface area (Å²) < 4.78 is 0. The summed E-state index contributed by atoms with van der Waals surface area (Å²) in [7, 11) is 0. The average molecular weight is 232 g/mol. The summed E-state index contributed by atoms with van der Waals surface area (Å²) in [6.45, 7) is 0. The molecule has 0 bridgehead atoms. The van der Waals surface area contributed by atoms with Crippen molar-refractivity contribution in [3.8, 4) is 6.07 Å². The molecule has 1 unspecified atom stereocenters. The molecule has 68 valence electrons. The third kappa shape index (κ3) is 3.48. The summed E-state index contributed by atoms with van der Waals surface area (Å²) in [6.07, 6.45) is 0. The van der Waals surface area contributed by atoms with Gasteiger partial charge in [0, 0.05) is 10.6 Å². The van der Waals surface area contributed by atoms with Gasteiger partial charge >= 0.3 is 0 Å². The summed E-state index contributed by atoms with van der Waals surface area (Å²) in [5.74, 6) is 0.557. The van der Waals surface area contributed by atoms with Gasteiger partial charge in [0.25, 0.3) is 0 Å². The molecule has 0 saturated heterocycles. The van der Waals surface area contributed by atoms with Gasteiger partial charge in [-0.1, -0.05) is 23.7 Å². The first-order valence-electron chi connectivity index (χ1n) is 3.65. The third-order valence-electron chi connectivity index (χ3n) is 1.36. The maximum Gasteiger partial charge on any atom is 0.129 e. The Kier molecular flexibility index (Phi) is 4.44. The summed E-state index contributed by atoms with van der Waals surface area (Å²) in [5.41, 5.74) is 0. The SMILES string of the molecule is N#CC(Cl)CSc1ccccc1Cl. The Morgan fingerprint density at radius 1 is 1.46 bits per heavy atom. The molecule has 4 heteroatoms. The Morgan fingerprint density at radius 3 is 2.77 bits per heavy atom. The van der Waals surface area contributed by atoms with Gasteiger partial charge in [-0.05, 0) is 12.1 Å². The Hall–Kier alpha value is -0.360. The first-order chi connectivity index (χ1) is 6.24. The topological polar surface area (TPSA) is 23.8 Å². The second-order valence-corrected chi connectivity index (χ2v) is 4.33. The number of halogens is 2. The number of nitriles is 1. The molecular weight excluding hydrogens is 225 g/mol. The molecule has 1 nitrogen and oxygen atoms in total. The number of benzene rings is 1. The molecule has 0 radical (unpaired) electrons. The van der Waals surface area contributed by atoms with Crippen LogP contribution >= 0.6 is 35.0 Å². The van der Waals surface area contributed by atoms with Crippen LogP contribution in [0.15, 0.2) is 29.2 Å². The van der Waals surface area contributed by atoms with Crippen molar-refractivity contribution in [1.82, 2.24) is 0 Å². The molecule has 0 saturated carbocycles. The van der Waals surface area contributed by atoms with Gasteiger partial charge < -0.3 is 0 Å². The molecule has 0 aliphatic carbocycles. The van der Waals surface area contributed by atoms with Crippen LogP contribution in [0.25, 0.3) is 0 Å². The van der Waals surface area contributed by atoms with Crippen molar-refractivity contribution in [2.45, 2.75) is 10.3 Å². The molecule has 13 heavy (non-hydrogen) atoms. The summed E-state index contributed by atoms with van der Waals surface area (Å²) in [4.78, 5) is 0.963. The number of nitrogens with zero attached hydrogens (tertiary/aromatic N) is 1. The standard InChI is InChI=1S/C9H7Cl2NS/c10-7(5-12)6-13-9-4-2-1-3-8(9)11/h1-4,7H,6H2. The van der Waals surface area contributed by atoms with Crippen LogP contribution in [0.1, 0.15) is 0 Å². The number of alkyl halides is 1. The van der Waals surface area contributed by atoms with E-state index in [0.717, 1.165) is 4.90 Å². The fourth-order valence-corrected chi connectivity index (χ4v) is 2.03. The Labute approximate surface area is 91.6 Å². The van der Waals surface area contributed by atoms with Crippen molar-refractivity contribution in [1.29, 1.82) is 5.26 Å². The quantitative estimate of drug-likeness (QED) is 0.587.